The van der Waals surface area contributed by atoms with Crippen LogP contribution in [-0.2, 0) is 14.2 Å². The molecule has 2 aliphatic heterocycles. The van der Waals surface area contributed by atoms with E-state index >= 15 is 0 Å². The van der Waals surface area contributed by atoms with Crippen LogP contribution in [0, 0.1) is 0 Å². The molecule has 2 rings (SSSR count). The van der Waals surface area contributed by atoms with E-state index in [1.807, 2.05) is 13.8 Å². The normalized spacial score (nSPS) is 50.5. The SMILES string of the molecule is CC1CC2(OCC(CCl)O2)C(C)O1. The Morgan fingerprint density at radius 3 is 2.69 bits per heavy atom. The molecule has 2 saturated heterocycles. The maximum Gasteiger partial charge on any atom is 0.197 e. The molecule has 0 aliphatic carbocycles. The first-order chi connectivity index (χ1) is 6.16. The van der Waals surface area contributed by atoms with Crippen molar-refractivity contribution in [3.05, 3.63) is 0 Å². The zero-order chi connectivity index (χ0) is 9.47. The van der Waals surface area contributed by atoms with Crippen LogP contribution in [0.15, 0.2) is 0 Å². The van der Waals surface area contributed by atoms with Crippen LogP contribution < -0.4 is 0 Å². The lowest BCUT2D eigenvalue weighted by atomic mass is 10.1. The van der Waals surface area contributed by atoms with Crippen molar-refractivity contribution in [1.29, 1.82) is 0 Å². The summed E-state index contributed by atoms with van der Waals surface area (Å²) in [6, 6.07) is 0. The lowest BCUT2D eigenvalue weighted by Crippen LogP contribution is -2.38. The molecule has 4 atom stereocenters. The summed E-state index contributed by atoms with van der Waals surface area (Å²) in [6.07, 6.45) is 1.06. The van der Waals surface area contributed by atoms with Crippen molar-refractivity contribution in [3.63, 3.8) is 0 Å². The van der Waals surface area contributed by atoms with Gasteiger partial charge in [-0.25, -0.2) is 0 Å². The maximum absolute atomic E-state index is 5.76. The van der Waals surface area contributed by atoms with Crippen LogP contribution in [0.2, 0.25) is 0 Å². The molecule has 76 valence electrons. The first-order valence-corrected chi connectivity index (χ1v) is 5.23. The first kappa shape index (κ1) is 9.71. The zero-order valence-corrected chi connectivity index (χ0v) is 8.71. The van der Waals surface area contributed by atoms with Crippen molar-refractivity contribution in [2.45, 2.75) is 44.4 Å². The summed E-state index contributed by atoms with van der Waals surface area (Å²) in [6.45, 7) is 4.61. The standard InChI is InChI=1S/C9H15ClO3/c1-6-3-9(7(2)12-6)11-5-8(4-10)13-9/h6-8H,3-5H2,1-2H3. The largest absolute Gasteiger partial charge is 0.370 e. The number of rotatable bonds is 1. The summed E-state index contributed by atoms with van der Waals surface area (Å²) in [5.74, 6) is -0.0260. The Kier molecular flexibility index (Phi) is 2.53. The molecule has 4 unspecified atom stereocenters. The molecule has 0 aromatic rings. The Morgan fingerprint density at radius 1 is 1.46 bits per heavy atom. The van der Waals surface area contributed by atoms with Crippen molar-refractivity contribution in [1.82, 2.24) is 0 Å². The molecule has 0 bridgehead atoms. The van der Waals surface area contributed by atoms with Crippen LogP contribution >= 0.6 is 11.6 Å². The predicted molar refractivity (Wildman–Crippen MR) is 48.9 cm³/mol. The van der Waals surface area contributed by atoms with Gasteiger partial charge in [-0.2, -0.15) is 0 Å². The monoisotopic (exact) mass is 206 g/mol. The molecular weight excluding hydrogens is 192 g/mol. The van der Waals surface area contributed by atoms with Crippen molar-refractivity contribution in [2.24, 2.45) is 0 Å². The van der Waals surface area contributed by atoms with Gasteiger partial charge in [0.2, 0.25) is 0 Å². The summed E-state index contributed by atoms with van der Waals surface area (Å²) in [5.41, 5.74) is 0. The lowest BCUT2D eigenvalue weighted by molar-refractivity contribution is -0.192. The van der Waals surface area contributed by atoms with Crippen molar-refractivity contribution in [3.8, 4) is 0 Å². The molecule has 0 aromatic heterocycles. The summed E-state index contributed by atoms with van der Waals surface area (Å²) in [4.78, 5) is 0. The number of hydrogen-bond acceptors (Lipinski definition) is 3. The third kappa shape index (κ3) is 1.59. The maximum atomic E-state index is 5.76. The van der Waals surface area contributed by atoms with E-state index in [9.17, 15) is 0 Å². The summed E-state index contributed by atoms with van der Waals surface area (Å²) in [7, 11) is 0. The lowest BCUT2D eigenvalue weighted by Gasteiger charge is -2.25. The molecule has 1 spiro atoms. The third-order valence-corrected chi connectivity index (χ3v) is 3.02. The van der Waals surface area contributed by atoms with Crippen LogP contribution in [0.25, 0.3) is 0 Å². The molecule has 4 heteroatoms. The van der Waals surface area contributed by atoms with Gasteiger partial charge in [-0.1, -0.05) is 0 Å². The van der Waals surface area contributed by atoms with E-state index < -0.39 is 5.79 Å². The second-order valence-electron chi connectivity index (χ2n) is 3.81. The summed E-state index contributed by atoms with van der Waals surface area (Å²) in [5, 5.41) is 0. The highest BCUT2D eigenvalue weighted by Gasteiger charge is 2.52. The number of hydrogen-bond donors (Lipinski definition) is 0. The number of alkyl halides is 1. The van der Waals surface area contributed by atoms with E-state index in [1.165, 1.54) is 0 Å². The van der Waals surface area contributed by atoms with Crippen molar-refractivity contribution < 1.29 is 14.2 Å². The van der Waals surface area contributed by atoms with E-state index in [2.05, 4.69) is 0 Å². The minimum atomic E-state index is -0.515. The summed E-state index contributed by atoms with van der Waals surface area (Å²) >= 11 is 5.71. The van der Waals surface area contributed by atoms with Gasteiger partial charge in [0, 0.05) is 6.42 Å². The van der Waals surface area contributed by atoms with E-state index in [-0.39, 0.29) is 18.3 Å². The second kappa shape index (κ2) is 3.39. The van der Waals surface area contributed by atoms with E-state index in [0.717, 1.165) is 6.42 Å². The molecule has 0 N–H and O–H groups in total. The Morgan fingerprint density at radius 2 is 2.23 bits per heavy atom. The second-order valence-corrected chi connectivity index (χ2v) is 4.12. The highest BCUT2D eigenvalue weighted by Crippen LogP contribution is 2.39. The smallest absolute Gasteiger partial charge is 0.197 e. The van der Waals surface area contributed by atoms with Gasteiger partial charge in [-0.15, -0.1) is 11.6 Å². The van der Waals surface area contributed by atoms with Gasteiger partial charge in [-0.05, 0) is 13.8 Å². The van der Waals surface area contributed by atoms with Crippen molar-refractivity contribution >= 4 is 11.6 Å². The minimum Gasteiger partial charge on any atom is -0.370 e. The molecule has 2 fully saturated rings. The highest BCUT2D eigenvalue weighted by molar-refractivity contribution is 6.18. The van der Waals surface area contributed by atoms with Crippen LogP contribution in [0.1, 0.15) is 20.3 Å². The average Bonchev–Trinajstić information content (AvgIpc) is 2.59. The van der Waals surface area contributed by atoms with Gasteiger partial charge in [0.05, 0.1) is 24.7 Å². The topological polar surface area (TPSA) is 27.7 Å². The number of halogens is 1. The number of ether oxygens (including phenoxy) is 3. The van der Waals surface area contributed by atoms with E-state index in [1.54, 1.807) is 0 Å². The van der Waals surface area contributed by atoms with E-state index in [4.69, 9.17) is 25.8 Å². The van der Waals surface area contributed by atoms with Crippen molar-refractivity contribution in [2.75, 3.05) is 12.5 Å². The zero-order valence-electron chi connectivity index (χ0n) is 7.96. The van der Waals surface area contributed by atoms with Gasteiger partial charge >= 0.3 is 0 Å². The Labute approximate surface area is 83.3 Å². The van der Waals surface area contributed by atoms with Gasteiger partial charge < -0.3 is 14.2 Å². The van der Waals surface area contributed by atoms with Gasteiger partial charge in [0.25, 0.3) is 0 Å². The Balaban J connectivity index is 2.06. The first-order valence-electron chi connectivity index (χ1n) is 4.69. The van der Waals surface area contributed by atoms with Crippen LogP contribution in [0.4, 0.5) is 0 Å². The fourth-order valence-corrected chi connectivity index (χ4v) is 2.20. The highest BCUT2D eigenvalue weighted by atomic mass is 35.5. The van der Waals surface area contributed by atoms with Crippen LogP contribution in [0.5, 0.6) is 0 Å². The van der Waals surface area contributed by atoms with Gasteiger partial charge in [0.1, 0.15) is 6.10 Å². The van der Waals surface area contributed by atoms with E-state index in [0.29, 0.717) is 12.5 Å². The van der Waals surface area contributed by atoms with Crippen LogP contribution in [0.3, 0.4) is 0 Å². The molecule has 0 amide bonds. The third-order valence-electron chi connectivity index (χ3n) is 2.68. The fourth-order valence-electron chi connectivity index (χ4n) is 2.05. The summed E-state index contributed by atoms with van der Waals surface area (Å²) < 4.78 is 17.0. The molecule has 2 heterocycles. The molecular formula is C9H15ClO3. The Bertz CT molecular complexity index is 199. The molecule has 3 nitrogen and oxygen atoms in total. The molecule has 2 aliphatic rings. The minimum absolute atomic E-state index is 0.00992. The average molecular weight is 207 g/mol. The fraction of sp³-hybridized carbons (Fsp3) is 1.00. The van der Waals surface area contributed by atoms with Crippen LogP contribution in [-0.4, -0.2) is 36.6 Å². The molecule has 0 aromatic carbocycles. The quantitative estimate of drug-likeness (QED) is 0.609. The Hall–Kier alpha value is 0.170. The van der Waals surface area contributed by atoms with Gasteiger partial charge in [-0.3, -0.25) is 0 Å². The molecule has 0 saturated carbocycles. The molecule has 13 heavy (non-hydrogen) atoms. The van der Waals surface area contributed by atoms with Gasteiger partial charge in [0.15, 0.2) is 5.79 Å². The predicted octanol–water partition coefficient (Wildman–Crippen LogP) is 1.53. The molecule has 0 radical (unpaired) electrons.